The van der Waals surface area contributed by atoms with Crippen LogP contribution in [0.2, 0.25) is 0 Å². The lowest BCUT2D eigenvalue weighted by Crippen LogP contribution is -2.45. The molecule has 0 heterocycles. The van der Waals surface area contributed by atoms with Gasteiger partial charge in [-0.15, -0.1) is 0 Å². The van der Waals surface area contributed by atoms with Crippen molar-refractivity contribution < 1.29 is 9.59 Å². The van der Waals surface area contributed by atoms with Crippen LogP contribution >= 0.6 is 0 Å². The molecule has 0 aromatic rings. The van der Waals surface area contributed by atoms with Crippen LogP contribution in [-0.2, 0) is 4.79 Å². The molecule has 0 radical (unpaired) electrons. The Hall–Kier alpha value is -1.26. The second-order valence-corrected chi connectivity index (χ2v) is 4.36. The molecular formula is C11H23N3O2. The first-order valence-electron chi connectivity index (χ1n) is 5.66. The van der Waals surface area contributed by atoms with E-state index in [4.69, 9.17) is 0 Å². The van der Waals surface area contributed by atoms with E-state index in [1.165, 1.54) is 6.92 Å². The summed E-state index contributed by atoms with van der Waals surface area (Å²) in [6.45, 7) is 10.2. The zero-order chi connectivity index (χ0) is 12.7. The standard InChI is InChI=1S/C11H23N3O2/c1-8(2)13-11(16)12-6-7-14(9(3)4)10(5)15/h8-9H,6-7H2,1-5H3,(H2,12,13,16). The molecule has 0 bridgehead atoms. The van der Waals surface area contributed by atoms with Crippen molar-refractivity contribution in [2.45, 2.75) is 46.7 Å². The van der Waals surface area contributed by atoms with Gasteiger partial charge in [-0.3, -0.25) is 4.79 Å². The number of amides is 3. The number of urea groups is 1. The van der Waals surface area contributed by atoms with Gasteiger partial charge >= 0.3 is 6.03 Å². The van der Waals surface area contributed by atoms with Crippen molar-refractivity contribution in [2.24, 2.45) is 0 Å². The molecule has 5 nitrogen and oxygen atoms in total. The maximum absolute atomic E-state index is 11.2. The molecule has 0 aromatic heterocycles. The molecule has 0 unspecified atom stereocenters. The molecule has 0 saturated heterocycles. The Morgan fingerprint density at radius 3 is 2.12 bits per heavy atom. The van der Waals surface area contributed by atoms with Gasteiger partial charge in [-0.2, -0.15) is 0 Å². The summed E-state index contributed by atoms with van der Waals surface area (Å²) in [4.78, 5) is 24.2. The van der Waals surface area contributed by atoms with Gasteiger partial charge in [0.05, 0.1) is 0 Å². The quantitative estimate of drug-likeness (QED) is 0.737. The molecular weight excluding hydrogens is 206 g/mol. The third kappa shape index (κ3) is 6.27. The van der Waals surface area contributed by atoms with Gasteiger partial charge < -0.3 is 15.5 Å². The summed E-state index contributed by atoms with van der Waals surface area (Å²) in [5, 5.41) is 5.43. The summed E-state index contributed by atoms with van der Waals surface area (Å²) >= 11 is 0. The fraction of sp³-hybridized carbons (Fsp3) is 0.818. The number of hydrogen-bond acceptors (Lipinski definition) is 2. The number of hydrogen-bond donors (Lipinski definition) is 2. The highest BCUT2D eigenvalue weighted by molar-refractivity contribution is 5.75. The van der Waals surface area contributed by atoms with Gasteiger partial charge in [0.25, 0.3) is 0 Å². The summed E-state index contributed by atoms with van der Waals surface area (Å²) in [7, 11) is 0. The molecule has 0 aromatic carbocycles. The Bertz CT molecular complexity index is 239. The summed E-state index contributed by atoms with van der Waals surface area (Å²) in [6, 6.07) is 0.0868. The Labute approximate surface area is 97.6 Å². The molecule has 0 aliphatic carbocycles. The van der Waals surface area contributed by atoms with Crippen LogP contribution in [0, 0.1) is 0 Å². The topological polar surface area (TPSA) is 61.4 Å². The SMILES string of the molecule is CC(=O)N(CCNC(=O)NC(C)C)C(C)C. The minimum absolute atomic E-state index is 0.0288. The first-order chi connectivity index (χ1) is 7.34. The molecule has 5 heteroatoms. The van der Waals surface area contributed by atoms with E-state index in [0.29, 0.717) is 13.1 Å². The van der Waals surface area contributed by atoms with Crippen LogP contribution in [-0.4, -0.2) is 42.0 Å². The normalized spacial score (nSPS) is 10.4. The van der Waals surface area contributed by atoms with Crippen LogP contribution in [0.3, 0.4) is 0 Å². The van der Waals surface area contributed by atoms with Crippen molar-refractivity contribution in [1.29, 1.82) is 0 Å². The average molecular weight is 229 g/mol. The summed E-state index contributed by atoms with van der Waals surface area (Å²) in [5.41, 5.74) is 0. The van der Waals surface area contributed by atoms with E-state index >= 15 is 0 Å². The first-order valence-corrected chi connectivity index (χ1v) is 5.66. The van der Waals surface area contributed by atoms with Crippen molar-refractivity contribution in [3.8, 4) is 0 Å². The Morgan fingerprint density at radius 2 is 1.75 bits per heavy atom. The zero-order valence-corrected chi connectivity index (χ0v) is 10.8. The highest BCUT2D eigenvalue weighted by Gasteiger charge is 2.12. The van der Waals surface area contributed by atoms with Crippen molar-refractivity contribution in [3.63, 3.8) is 0 Å². The third-order valence-corrected chi connectivity index (χ3v) is 2.09. The van der Waals surface area contributed by atoms with E-state index in [0.717, 1.165) is 0 Å². The third-order valence-electron chi connectivity index (χ3n) is 2.09. The molecule has 0 saturated carbocycles. The lowest BCUT2D eigenvalue weighted by molar-refractivity contribution is -0.130. The number of rotatable bonds is 5. The van der Waals surface area contributed by atoms with Crippen molar-refractivity contribution in [1.82, 2.24) is 15.5 Å². The maximum Gasteiger partial charge on any atom is 0.315 e. The molecule has 0 atom stereocenters. The van der Waals surface area contributed by atoms with Crippen LogP contribution in [0.4, 0.5) is 4.79 Å². The lowest BCUT2D eigenvalue weighted by atomic mass is 10.3. The highest BCUT2D eigenvalue weighted by atomic mass is 16.2. The monoisotopic (exact) mass is 229 g/mol. The Kier molecular flexibility index (Phi) is 6.53. The molecule has 0 rings (SSSR count). The van der Waals surface area contributed by atoms with E-state index < -0.39 is 0 Å². The van der Waals surface area contributed by atoms with E-state index in [1.807, 2.05) is 27.7 Å². The summed E-state index contributed by atoms with van der Waals surface area (Å²) < 4.78 is 0. The molecule has 0 fully saturated rings. The van der Waals surface area contributed by atoms with Crippen LogP contribution in [0.5, 0.6) is 0 Å². The van der Waals surface area contributed by atoms with Gasteiger partial charge in [0, 0.05) is 32.1 Å². The number of carbonyl (C=O) groups excluding carboxylic acids is 2. The predicted octanol–water partition coefficient (Wildman–Crippen LogP) is 0.951. The van der Waals surface area contributed by atoms with Gasteiger partial charge in [0.15, 0.2) is 0 Å². The largest absolute Gasteiger partial charge is 0.339 e. The highest BCUT2D eigenvalue weighted by Crippen LogP contribution is 1.97. The summed E-state index contributed by atoms with van der Waals surface area (Å²) in [5.74, 6) is 0.0288. The number of nitrogens with zero attached hydrogens (tertiary/aromatic N) is 1. The maximum atomic E-state index is 11.2. The van der Waals surface area contributed by atoms with E-state index in [2.05, 4.69) is 10.6 Å². The first kappa shape index (κ1) is 14.7. The molecule has 16 heavy (non-hydrogen) atoms. The second kappa shape index (κ2) is 7.09. The summed E-state index contributed by atoms with van der Waals surface area (Å²) in [6.07, 6.45) is 0. The molecule has 94 valence electrons. The van der Waals surface area contributed by atoms with E-state index in [-0.39, 0.29) is 24.0 Å². The van der Waals surface area contributed by atoms with Gasteiger partial charge in [-0.25, -0.2) is 4.79 Å². The van der Waals surface area contributed by atoms with Gasteiger partial charge in [-0.05, 0) is 27.7 Å². The molecule has 3 amide bonds. The van der Waals surface area contributed by atoms with Gasteiger partial charge in [0.1, 0.15) is 0 Å². The Balaban J connectivity index is 3.87. The van der Waals surface area contributed by atoms with Crippen LogP contribution < -0.4 is 10.6 Å². The number of nitrogens with one attached hydrogen (secondary N) is 2. The van der Waals surface area contributed by atoms with Gasteiger partial charge in [0.2, 0.25) is 5.91 Å². The van der Waals surface area contributed by atoms with Crippen molar-refractivity contribution >= 4 is 11.9 Å². The van der Waals surface area contributed by atoms with Crippen LogP contribution in [0.1, 0.15) is 34.6 Å². The predicted molar refractivity (Wildman–Crippen MR) is 64.2 cm³/mol. The van der Waals surface area contributed by atoms with E-state index in [9.17, 15) is 9.59 Å². The van der Waals surface area contributed by atoms with Crippen LogP contribution in [0.25, 0.3) is 0 Å². The Morgan fingerprint density at radius 1 is 1.19 bits per heavy atom. The molecule has 0 aliphatic rings. The van der Waals surface area contributed by atoms with Crippen molar-refractivity contribution in [2.75, 3.05) is 13.1 Å². The fourth-order valence-corrected chi connectivity index (χ4v) is 1.38. The molecule has 0 spiro atoms. The van der Waals surface area contributed by atoms with Crippen LogP contribution in [0.15, 0.2) is 0 Å². The minimum atomic E-state index is -0.192. The smallest absolute Gasteiger partial charge is 0.315 e. The average Bonchev–Trinajstić information content (AvgIpc) is 2.09. The molecule has 0 aliphatic heterocycles. The minimum Gasteiger partial charge on any atom is -0.339 e. The number of carbonyl (C=O) groups is 2. The zero-order valence-electron chi connectivity index (χ0n) is 10.8. The van der Waals surface area contributed by atoms with E-state index in [1.54, 1.807) is 4.90 Å². The lowest BCUT2D eigenvalue weighted by Gasteiger charge is -2.25. The van der Waals surface area contributed by atoms with Gasteiger partial charge in [-0.1, -0.05) is 0 Å². The fourth-order valence-electron chi connectivity index (χ4n) is 1.38. The molecule has 2 N–H and O–H groups in total. The second-order valence-electron chi connectivity index (χ2n) is 4.36. The van der Waals surface area contributed by atoms with Crippen molar-refractivity contribution in [3.05, 3.63) is 0 Å².